The number of anilines is 1. The Labute approximate surface area is 212 Å². The van der Waals surface area contributed by atoms with Gasteiger partial charge in [0.2, 0.25) is 0 Å². The van der Waals surface area contributed by atoms with Crippen molar-refractivity contribution in [3.8, 4) is 5.69 Å². The molecule has 2 aromatic heterocycles. The van der Waals surface area contributed by atoms with Crippen molar-refractivity contribution in [2.75, 3.05) is 25.1 Å². The fourth-order valence-corrected chi connectivity index (χ4v) is 4.66. The third-order valence-electron chi connectivity index (χ3n) is 6.81. The lowest BCUT2D eigenvalue weighted by molar-refractivity contribution is -0.140. The average molecular weight is 490 g/mol. The smallest absolute Gasteiger partial charge is 0.305 e. The second kappa shape index (κ2) is 11.8. The molecule has 0 radical (unpaired) electrons. The van der Waals surface area contributed by atoms with Gasteiger partial charge in [-0.05, 0) is 74.6 Å². The fraction of sp³-hybridized carbons (Fsp3) is 0.429. The number of esters is 1. The number of nitrogens with one attached hydrogen (secondary N) is 1. The number of amides is 1. The van der Waals surface area contributed by atoms with E-state index in [1.54, 1.807) is 12.1 Å². The lowest BCUT2D eigenvalue weighted by Gasteiger charge is -2.21. The van der Waals surface area contributed by atoms with E-state index in [9.17, 15) is 9.59 Å². The van der Waals surface area contributed by atoms with Crippen LogP contribution in [0.3, 0.4) is 0 Å². The summed E-state index contributed by atoms with van der Waals surface area (Å²) in [6.45, 7) is 6.47. The largest absolute Gasteiger partial charge is 0.469 e. The molecular formula is C28H35N5O3. The summed E-state index contributed by atoms with van der Waals surface area (Å²) in [6.07, 6.45) is 7.77. The maximum absolute atomic E-state index is 12.7. The van der Waals surface area contributed by atoms with Gasteiger partial charge in [0.1, 0.15) is 5.82 Å². The normalized spacial score (nSPS) is 13.8. The van der Waals surface area contributed by atoms with Crippen molar-refractivity contribution < 1.29 is 14.3 Å². The molecule has 0 saturated carbocycles. The summed E-state index contributed by atoms with van der Waals surface area (Å²) >= 11 is 0. The van der Waals surface area contributed by atoms with Crippen molar-refractivity contribution in [1.82, 2.24) is 20.1 Å². The third-order valence-corrected chi connectivity index (χ3v) is 6.81. The molecule has 4 rings (SSSR count). The fourth-order valence-electron chi connectivity index (χ4n) is 4.66. The second-order valence-electron chi connectivity index (χ2n) is 9.29. The molecule has 3 heterocycles. The number of rotatable bonds is 8. The van der Waals surface area contributed by atoms with Gasteiger partial charge < -0.3 is 15.0 Å². The van der Waals surface area contributed by atoms with E-state index in [1.165, 1.54) is 32.8 Å². The first-order chi connectivity index (χ1) is 17.5. The van der Waals surface area contributed by atoms with Gasteiger partial charge in [-0.2, -0.15) is 5.10 Å². The summed E-state index contributed by atoms with van der Waals surface area (Å²) in [4.78, 5) is 31.2. The quantitative estimate of drug-likeness (QED) is 0.475. The van der Waals surface area contributed by atoms with Gasteiger partial charge in [-0.3, -0.25) is 9.59 Å². The molecule has 3 aromatic rings. The molecule has 1 aliphatic rings. The first-order valence-corrected chi connectivity index (χ1v) is 12.7. The lowest BCUT2D eigenvalue weighted by atomic mass is 10.1. The SMILES string of the molecule is COC(=O)CCc1c(C)nn(-c2ccc(C(=O)NCc3ccc(N4CCCCCC4)nc3)cc2)c1C. The standard InChI is InChI=1S/C28H35N5O3/c1-20-25(13-15-27(34)36-3)21(2)33(31-20)24-11-9-23(10-12-24)28(35)30-19-22-8-14-26(29-18-22)32-16-6-4-5-7-17-32/h8-12,14,18H,4-7,13,15-17,19H2,1-3H3,(H,30,35). The maximum Gasteiger partial charge on any atom is 0.305 e. The summed E-state index contributed by atoms with van der Waals surface area (Å²) in [5, 5.41) is 7.62. The Balaban J connectivity index is 1.35. The molecule has 8 nitrogen and oxygen atoms in total. The molecule has 1 aromatic carbocycles. The van der Waals surface area contributed by atoms with E-state index in [0.717, 1.165) is 47.1 Å². The monoisotopic (exact) mass is 489 g/mol. The molecule has 1 N–H and O–H groups in total. The number of carbonyl (C=O) groups excluding carboxylic acids is 2. The Morgan fingerprint density at radius 2 is 1.72 bits per heavy atom. The van der Waals surface area contributed by atoms with Gasteiger partial charge in [-0.1, -0.05) is 18.9 Å². The highest BCUT2D eigenvalue weighted by Gasteiger charge is 2.15. The van der Waals surface area contributed by atoms with E-state index < -0.39 is 0 Å². The van der Waals surface area contributed by atoms with Crippen LogP contribution in [0, 0.1) is 13.8 Å². The van der Waals surface area contributed by atoms with Crippen molar-refractivity contribution in [2.24, 2.45) is 0 Å². The predicted molar refractivity (Wildman–Crippen MR) is 139 cm³/mol. The van der Waals surface area contributed by atoms with E-state index in [0.29, 0.717) is 24.9 Å². The molecule has 0 unspecified atom stereocenters. The summed E-state index contributed by atoms with van der Waals surface area (Å²) in [5.74, 6) is 0.645. The van der Waals surface area contributed by atoms with Gasteiger partial charge in [0.15, 0.2) is 0 Å². The van der Waals surface area contributed by atoms with E-state index in [2.05, 4.69) is 26.4 Å². The Kier molecular flexibility index (Phi) is 8.36. The van der Waals surface area contributed by atoms with Crippen molar-refractivity contribution >= 4 is 17.7 Å². The molecule has 8 heteroatoms. The van der Waals surface area contributed by atoms with Crippen molar-refractivity contribution in [3.63, 3.8) is 0 Å². The number of ether oxygens (including phenoxy) is 1. The Hall–Kier alpha value is -3.68. The Bertz CT molecular complexity index is 1180. The Morgan fingerprint density at radius 1 is 1.00 bits per heavy atom. The summed E-state index contributed by atoms with van der Waals surface area (Å²) < 4.78 is 6.60. The summed E-state index contributed by atoms with van der Waals surface area (Å²) in [7, 11) is 1.40. The van der Waals surface area contributed by atoms with E-state index in [1.807, 2.05) is 42.9 Å². The molecular weight excluding hydrogens is 454 g/mol. The topological polar surface area (TPSA) is 89.3 Å². The number of hydrogen-bond donors (Lipinski definition) is 1. The second-order valence-corrected chi connectivity index (χ2v) is 9.29. The van der Waals surface area contributed by atoms with Crippen LogP contribution in [0.2, 0.25) is 0 Å². The number of pyridine rings is 1. The summed E-state index contributed by atoms with van der Waals surface area (Å²) in [5.41, 5.74) is 5.32. The molecule has 1 amide bonds. The lowest BCUT2D eigenvalue weighted by Crippen LogP contribution is -2.25. The number of nitrogens with zero attached hydrogens (tertiary/aromatic N) is 4. The van der Waals surface area contributed by atoms with Gasteiger partial charge in [0, 0.05) is 43.5 Å². The van der Waals surface area contributed by atoms with E-state index in [-0.39, 0.29) is 11.9 Å². The minimum absolute atomic E-state index is 0.134. The zero-order valence-electron chi connectivity index (χ0n) is 21.4. The van der Waals surface area contributed by atoms with Crippen LogP contribution >= 0.6 is 0 Å². The zero-order valence-corrected chi connectivity index (χ0v) is 21.4. The van der Waals surface area contributed by atoms with Crippen molar-refractivity contribution in [2.45, 2.75) is 58.9 Å². The van der Waals surface area contributed by atoms with Crippen molar-refractivity contribution in [3.05, 3.63) is 70.7 Å². The maximum atomic E-state index is 12.7. The molecule has 1 fully saturated rings. The number of aromatic nitrogens is 3. The number of hydrogen-bond acceptors (Lipinski definition) is 6. The molecule has 0 atom stereocenters. The highest BCUT2D eigenvalue weighted by molar-refractivity contribution is 5.94. The molecule has 0 bridgehead atoms. The molecule has 0 spiro atoms. The van der Waals surface area contributed by atoms with E-state index >= 15 is 0 Å². The van der Waals surface area contributed by atoms with Gasteiger partial charge in [0.25, 0.3) is 5.91 Å². The van der Waals surface area contributed by atoms with Crippen LogP contribution in [0.4, 0.5) is 5.82 Å². The van der Waals surface area contributed by atoms with Crippen LogP contribution in [0.25, 0.3) is 5.69 Å². The van der Waals surface area contributed by atoms with Crippen LogP contribution < -0.4 is 10.2 Å². The third kappa shape index (κ3) is 6.11. The van der Waals surface area contributed by atoms with Gasteiger partial charge >= 0.3 is 5.97 Å². The first-order valence-electron chi connectivity index (χ1n) is 12.7. The van der Waals surface area contributed by atoms with Crippen LogP contribution in [0.15, 0.2) is 42.6 Å². The van der Waals surface area contributed by atoms with Crippen LogP contribution in [0.5, 0.6) is 0 Å². The molecule has 0 aliphatic carbocycles. The average Bonchev–Trinajstić information content (AvgIpc) is 3.07. The van der Waals surface area contributed by atoms with Gasteiger partial charge in [-0.25, -0.2) is 9.67 Å². The number of benzene rings is 1. The minimum Gasteiger partial charge on any atom is -0.469 e. The van der Waals surface area contributed by atoms with E-state index in [4.69, 9.17) is 4.74 Å². The van der Waals surface area contributed by atoms with Gasteiger partial charge in [0.05, 0.1) is 18.5 Å². The Morgan fingerprint density at radius 3 is 2.36 bits per heavy atom. The molecule has 1 saturated heterocycles. The van der Waals surface area contributed by atoms with Crippen molar-refractivity contribution in [1.29, 1.82) is 0 Å². The predicted octanol–water partition coefficient (Wildman–Crippen LogP) is 4.30. The first kappa shape index (κ1) is 25.4. The summed E-state index contributed by atoms with van der Waals surface area (Å²) in [6, 6.07) is 11.5. The van der Waals surface area contributed by atoms with Crippen LogP contribution in [0.1, 0.15) is 65.0 Å². The number of aryl methyl sites for hydroxylation is 1. The number of methoxy groups -OCH3 is 1. The number of carbonyl (C=O) groups is 2. The van der Waals surface area contributed by atoms with Crippen LogP contribution in [-0.4, -0.2) is 46.8 Å². The zero-order chi connectivity index (χ0) is 25.5. The highest BCUT2D eigenvalue weighted by atomic mass is 16.5. The molecule has 1 aliphatic heterocycles. The van der Waals surface area contributed by atoms with Gasteiger partial charge in [-0.15, -0.1) is 0 Å². The van der Waals surface area contributed by atoms with Crippen LogP contribution in [-0.2, 0) is 22.5 Å². The molecule has 36 heavy (non-hydrogen) atoms. The minimum atomic E-state index is -0.235. The highest BCUT2D eigenvalue weighted by Crippen LogP contribution is 2.21. The molecule has 190 valence electrons.